The van der Waals surface area contributed by atoms with Gasteiger partial charge in [-0.3, -0.25) is 0 Å². The number of aromatic nitrogens is 3. The third-order valence-corrected chi connectivity index (χ3v) is 6.92. The normalized spacial score (nSPS) is 12.4. The molecule has 5 heteroatoms. The molecule has 0 aliphatic carbocycles. The molecule has 148 valence electrons. The molecule has 0 amide bonds. The molecule has 0 aliphatic rings. The minimum Gasteiger partial charge on any atom is -0.497 e. The van der Waals surface area contributed by atoms with Crippen molar-refractivity contribution in [3.63, 3.8) is 0 Å². The molecule has 2 heterocycles. The number of para-hydroxylation sites is 1. The van der Waals surface area contributed by atoms with Crippen molar-refractivity contribution < 1.29 is 9.30 Å². The molecule has 0 N–H and O–H groups in total. The van der Waals surface area contributed by atoms with Crippen LogP contribution in [0.4, 0.5) is 0 Å². The van der Waals surface area contributed by atoms with E-state index in [1.807, 2.05) is 47.7 Å². The Morgan fingerprint density at radius 2 is 1.70 bits per heavy atom. The monoisotopic (exact) mass is 412 g/mol. The van der Waals surface area contributed by atoms with E-state index in [0.717, 1.165) is 33.7 Å². The van der Waals surface area contributed by atoms with Crippen molar-refractivity contribution in [2.24, 2.45) is 7.05 Å². The molecule has 0 spiro atoms. The molecule has 0 aliphatic heterocycles. The summed E-state index contributed by atoms with van der Waals surface area (Å²) in [6.45, 7) is 2.22. The largest absolute Gasteiger partial charge is 0.497 e. The van der Waals surface area contributed by atoms with Gasteiger partial charge in [-0.25, -0.2) is 9.97 Å². The van der Waals surface area contributed by atoms with Crippen molar-refractivity contribution in [2.45, 2.75) is 12.8 Å². The second-order valence-corrected chi connectivity index (χ2v) is 8.43. The fraction of sp³-hybridized carbons (Fsp3) is 0.160. The van der Waals surface area contributed by atoms with Crippen LogP contribution in [-0.4, -0.2) is 17.1 Å². The molecule has 1 unspecified atom stereocenters. The molecule has 5 rings (SSSR count). The highest BCUT2D eigenvalue weighted by Crippen LogP contribution is 2.34. The van der Waals surface area contributed by atoms with Crippen LogP contribution < -0.4 is 9.30 Å². The van der Waals surface area contributed by atoms with E-state index < -0.39 is 0 Å². The molecule has 4 nitrogen and oxygen atoms in total. The van der Waals surface area contributed by atoms with Crippen molar-refractivity contribution >= 4 is 32.5 Å². The summed E-state index contributed by atoms with van der Waals surface area (Å²) in [6.07, 6.45) is 0. The fourth-order valence-corrected chi connectivity index (χ4v) is 5.13. The topological polar surface area (TPSA) is 38.9 Å². The number of fused-ring (bicyclic) bond motifs is 2. The van der Waals surface area contributed by atoms with Gasteiger partial charge in [-0.05, 0) is 31.2 Å². The van der Waals surface area contributed by atoms with Crippen LogP contribution >= 0.6 is 11.3 Å². The summed E-state index contributed by atoms with van der Waals surface area (Å²) < 4.78 is 9.05. The van der Waals surface area contributed by atoms with Crippen molar-refractivity contribution in [3.8, 4) is 17.1 Å². The SMILES string of the molecule is COc1ccc2nc(-c3ccccc3)nc(C(C)c3sc4ccccc4[n+]3C)c2c1. The number of rotatable bonds is 4. The van der Waals surface area contributed by atoms with Crippen molar-refractivity contribution in [1.82, 2.24) is 9.97 Å². The lowest BCUT2D eigenvalue weighted by Crippen LogP contribution is -2.32. The summed E-state index contributed by atoms with van der Waals surface area (Å²) in [5, 5.41) is 2.29. The molecule has 3 aromatic carbocycles. The average molecular weight is 413 g/mol. The van der Waals surface area contributed by atoms with Gasteiger partial charge in [0.2, 0.25) is 10.5 Å². The lowest BCUT2D eigenvalue weighted by molar-refractivity contribution is -0.648. The first kappa shape index (κ1) is 18.7. The minimum atomic E-state index is 0.104. The first-order valence-corrected chi connectivity index (χ1v) is 10.8. The number of thiazole rings is 1. The molecule has 2 aromatic heterocycles. The Morgan fingerprint density at radius 3 is 2.47 bits per heavy atom. The Bertz CT molecular complexity index is 1360. The third-order valence-electron chi connectivity index (χ3n) is 5.52. The number of aryl methyl sites for hydroxylation is 1. The van der Waals surface area contributed by atoms with Gasteiger partial charge in [-0.1, -0.05) is 53.8 Å². The highest BCUT2D eigenvalue weighted by Gasteiger charge is 2.27. The molecule has 0 fully saturated rings. The van der Waals surface area contributed by atoms with Gasteiger partial charge < -0.3 is 4.74 Å². The zero-order valence-electron chi connectivity index (χ0n) is 17.2. The van der Waals surface area contributed by atoms with Gasteiger partial charge in [-0.2, -0.15) is 4.57 Å². The average Bonchev–Trinajstić information content (AvgIpc) is 3.14. The van der Waals surface area contributed by atoms with Gasteiger partial charge in [-0.15, -0.1) is 0 Å². The van der Waals surface area contributed by atoms with Crippen LogP contribution in [0.15, 0.2) is 72.8 Å². The summed E-state index contributed by atoms with van der Waals surface area (Å²) in [6, 6.07) is 24.7. The van der Waals surface area contributed by atoms with E-state index in [1.165, 1.54) is 15.2 Å². The molecule has 0 saturated heterocycles. The molecule has 30 heavy (non-hydrogen) atoms. The molecule has 5 aromatic rings. The van der Waals surface area contributed by atoms with Gasteiger partial charge in [0.25, 0.3) is 0 Å². The number of benzene rings is 3. The summed E-state index contributed by atoms with van der Waals surface area (Å²) >= 11 is 1.82. The lowest BCUT2D eigenvalue weighted by atomic mass is 10.0. The maximum atomic E-state index is 5.49. The number of hydrogen-bond donors (Lipinski definition) is 0. The number of methoxy groups -OCH3 is 1. The van der Waals surface area contributed by atoms with Crippen LogP contribution in [0, 0.1) is 0 Å². The summed E-state index contributed by atoms with van der Waals surface area (Å²) in [5.74, 6) is 1.67. The van der Waals surface area contributed by atoms with Crippen molar-refractivity contribution in [1.29, 1.82) is 0 Å². The standard InChI is InChI=1S/C25H22N3OS/c1-16(25-28(2)21-11-7-8-12-22(21)30-25)23-19-15-18(29-3)13-14-20(19)26-24(27-23)17-9-5-4-6-10-17/h4-16H,1-3H3/q+1. The molecular formula is C25H22N3OS+. The highest BCUT2D eigenvalue weighted by molar-refractivity contribution is 7.18. The molecule has 0 saturated carbocycles. The van der Waals surface area contributed by atoms with E-state index >= 15 is 0 Å². The minimum absolute atomic E-state index is 0.104. The Balaban J connectivity index is 1.75. The van der Waals surface area contributed by atoms with E-state index in [2.05, 4.69) is 54.9 Å². The van der Waals surface area contributed by atoms with Crippen LogP contribution in [-0.2, 0) is 7.05 Å². The third kappa shape index (κ3) is 3.12. The highest BCUT2D eigenvalue weighted by atomic mass is 32.1. The van der Waals surface area contributed by atoms with E-state index in [-0.39, 0.29) is 5.92 Å². The Labute approximate surface area is 179 Å². The first-order valence-electron chi connectivity index (χ1n) is 9.94. The predicted octanol–water partition coefficient (Wildman–Crippen LogP) is 5.50. The van der Waals surface area contributed by atoms with Crippen LogP contribution in [0.25, 0.3) is 32.5 Å². The van der Waals surface area contributed by atoms with E-state index in [0.29, 0.717) is 0 Å². The lowest BCUT2D eigenvalue weighted by Gasteiger charge is -2.13. The van der Waals surface area contributed by atoms with Crippen LogP contribution in [0.3, 0.4) is 0 Å². The van der Waals surface area contributed by atoms with Crippen molar-refractivity contribution in [2.75, 3.05) is 7.11 Å². The number of ether oxygens (including phenoxy) is 1. The Kier molecular flexibility index (Phi) is 4.68. The van der Waals surface area contributed by atoms with Gasteiger partial charge >= 0.3 is 0 Å². The maximum Gasteiger partial charge on any atom is 0.247 e. The zero-order chi connectivity index (χ0) is 20.7. The second-order valence-electron chi connectivity index (χ2n) is 7.37. The van der Waals surface area contributed by atoms with Gasteiger partial charge in [0, 0.05) is 17.0 Å². The first-order chi connectivity index (χ1) is 14.7. The van der Waals surface area contributed by atoms with Gasteiger partial charge in [0.1, 0.15) is 17.5 Å². The van der Waals surface area contributed by atoms with E-state index in [9.17, 15) is 0 Å². The Morgan fingerprint density at radius 1 is 0.933 bits per heavy atom. The zero-order valence-corrected chi connectivity index (χ0v) is 18.0. The smallest absolute Gasteiger partial charge is 0.247 e. The summed E-state index contributed by atoms with van der Waals surface area (Å²) in [7, 11) is 3.82. The van der Waals surface area contributed by atoms with Crippen molar-refractivity contribution in [3.05, 3.63) is 83.5 Å². The van der Waals surface area contributed by atoms with E-state index in [4.69, 9.17) is 14.7 Å². The molecule has 0 bridgehead atoms. The van der Waals surface area contributed by atoms with Crippen LogP contribution in [0.2, 0.25) is 0 Å². The van der Waals surface area contributed by atoms with Gasteiger partial charge in [0.15, 0.2) is 5.82 Å². The fourth-order valence-electron chi connectivity index (χ4n) is 3.92. The van der Waals surface area contributed by atoms with E-state index in [1.54, 1.807) is 7.11 Å². The predicted molar refractivity (Wildman–Crippen MR) is 122 cm³/mol. The molecule has 0 radical (unpaired) electrons. The quantitative estimate of drug-likeness (QED) is 0.366. The maximum absolute atomic E-state index is 5.49. The number of hydrogen-bond acceptors (Lipinski definition) is 4. The molecular weight excluding hydrogens is 390 g/mol. The number of nitrogens with zero attached hydrogens (tertiary/aromatic N) is 3. The summed E-state index contributed by atoms with van der Waals surface area (Å²) in [5.41, 5.74) is 4.20. The van der Waals surface area contributed by atoms with Crippen LogP contribution in [0.5, 0.6) is 5.75 Å². The van der Waals surface area contributed by atoms with Crippen LogP contribution in [0.1, 0.15) is 23.5 Å². The van der Waals surface area contributed by atoms with Gasteiger partial charge in [0.05, 0.1) is 24.2 Å². The Hall–Kier alpha value is -3.31. The second kappa shape index (κ2) is 7.50. The summed E-state index contributed by atoms with van der Waals surface area (Å²) in [4.78, 5) is 9.91. The molecule has 1 atom stereocenters.